The number of amides is 1. The Kier molecular flexibility index (Phi) is 4.10. The molecule has 0 aliphatic rings. The molecule has 1 heterocycles. The van der Waals surface area contributed by atoms with Gasteiger partial charge in [-0.15, -0.1) is 0 Å². The lowest BCUT2D eigenvalue weighted by atomic mass is 9.84. The van der Waals surface area contributed by atoms with Crippen LogP contribution in [0.15, 0.2) is 51.7 Å². The second kappa shape index (κ2) is 5.61. The second-order valence-corrected chi connectivity index (χ2v) is 5.76. The number of benzene rings is 1. The van der Waals surface area contributed by atoms with Gasteiger partial charge in [0.15, 0.2) is 4.67 Å². The summed E-state index contributed by atoms with van der Waals surface area (Å²) in [7, 11) is 0. The van der Waals surface area contributed by atoms with Gasteiger partial charge >= 0.3 is 0 Å². The van der Waals surface area contributed by atoms with E-state index in [-0.39, 0.29) is 11.3 Å². The smallest absolute Gasteiger partial charge is 0.255 e. The van der Waals surface area contributed by atoms with E-state index in [2.05, 4.69) is 47.2 Å². The second-order valence-electron chi connectivity index (χ2n) is 5.04. The van der Waals surface area contributed by atoms with Gasteiger partial charge in [-0.05, 0) is 27.6 Å². The average Bonchev–Trinajstić information content (AvgIpc) is 2.83. The molecule has 0 radical (unpaired) electrons. The summed E-state index contributed by atoms with van der Waals surface area (Å²) in [5, 5.41) is 2.94. The van der Waals surface area contributed by atoms with Gasteiger partial charge in [0, 0.05) is 12.0 Å². The number of hydrogen-bond donors (Lipinski definition) is 1. The highest BCUT2D eigenvalue weighted by Crippen LogP contribution is 2.22. The Morgan fingerprint density at radius 3 is 2.53 bits per heavy atom. The molecule has 0 atom stereocenters. The maximum Gasteiger partial charge on any atom is 0.255 e. The Labute approximate surface area is 121 Å². The molecule has 2 aromatic rings. The zero-order valence-electron chi connectivity index (χ0n) is 10.9. The van der Waals surface area contributed by atoms with Crippen LogP contribution in [-0.2, 0) is 5.41 Å². The molecule has 1 N–H and O–H groups in total. The minimum absolute atomic E-state index is 0.118. The van der Waals surface area contributed by atoms with Crippen LogP contribution in [0.2, 0.25) is 0 Å². The molecule has 3 nitrogen and oxygen atoms in total. The molecule has 0 saturated carbocycles. The van der Waals surface area contributed by atoms with Gasteiger partial charge in [-0.25, -0.2) is 0 Å². The van der Waals surface area contributed by atoms with Crippen molar-refractivity contribution in [3.63, 3.8) is 0 Å². The van der Waals surface area contributed by atoms with E-state index in [4.69, 9.17) is 4.42 Å². The minimum atomic E-state index is -0.135. The predicted octanol–water partition coefficient (Wildman–Crippen LogP) is 3.75. The van der Waals surface area contributed by atoms with Crippen LogP contribution in [0.25, 0.3) is 0 Å². The minimum Gasteiger partial charge on any atom is -0.457 e. The zero-order chi connectivity index (χ0) is 13.9. The number of nitrogens with one attached hydrogen (secondary N) is 1. The number of carbonyl (C=O) groups excluding carboxylic acids is 1. The number of rotatable bonds is 4. The van der Waals surface area contributed by atoms with Gasteiger partial charge in [-0.2, -0.15) is 0 Å². The normalized spacial score (nSPS) is 11.3. The Balaban J connectivity index is 2.03. The summed E-state index contributed by atoms with van der Waals surface area (Å²) < 4.78 is 5.52. The van der Waals surface area contributed by atoms with Crippen molar-refractivity contribution in [3.05, 3.63) is 58.5 Å². The number of halogens is 1. The lowest BCUT2D eigenvalue weighted by Crippen LogP contribution is -2.36. The Bertz CT molecular complexity index is 561. The lowest BCUT2D eigenvalue weighted by Gasteiger charge is -2.25. The van der Waals surface area contributed by atoms with Crippen molar-refractivity contribution >= 4 is 21.8 Å². The van der Waals surface area contributed by atoms with E-state index in [0.717, 1.165) is 0 Å². The standard InChI is InChI=1S/C15H16BrNO2/c1-15(2,11-6-4-3-5-7-11)10-17-14(18)12-8-9-19-13(12)16/h3-9H,10H2,1-2H3,(H,17,18). The van der Waals surface area contributed by atoms with Crippen molar-refractivity contribution in [2.75, 3.05) is 6.54 Å². The van der Waals surface area contributed by atoms with Crippen molar-refractivity contribution in [2.24, 2.45) is 0 Å². The molecule has 0 fully saturated rings. The van der Waals surface area contributed by atoms with E-state index in [1.807, 2.05) is 18.2 Å². The van der Waals surface area contributed by atoms with Crippen LogP contribution >= 0.6 is 15.9 Å². The molecule has 4 heteroatoms. The summed E-state index contributed by atoms with van der Waals surface area (Å²) in [6, 6.07) is 11.8. The van der Waals surface area contributed by atoms with Crippen LogP contribution in [0.4, 0.5) is 0 Å². The fourth-order valence-electron chi connectivity index (χ4n) is 1.84. The molecule has 0 aliphatic carbocycles. The first kappa shape index (κ1) is 13.9. The van der Waals surface area contributed by atoms with E-state index >= 15 is 0 Å². The third kappa shape index (κ3) is 3.26. The van der Waals surface area contributed by atoms with Crippen LogP contribution in [0.5, 0.6) is 0 Å². The Morgan fingerprint density at radius 1 is 1.26 bits per heavy atom. The van der Waals surface area contributed by atoms with Crippen LogP contribution in [0.3, 0.4) is 0 Å². The first-order chi connectivity index (χ1) is 9.00. The van der Waals surface area contributed by atoms with E-state index in [1.54, 1.807) is 6.07 Å². The predicted molar refractivity (Wildman–Crippen MR) is 78.2 cm³/mol. The molecule has 0 aliphatic heterocycles. The first-order valence-electron chi connectivity index (χ1n) is 6.07. The van der Waals surface area contributed by atoms with E-state index in [0.29, 0.717) is 16.8 Å². The molecule has 1 aromatic heterocycles. The quantitative estimate of drug-likeness (QED) is 0.931. The van der Waals surface area contributed by atoms with Gasteiger partial charge in [0.1, 0.15) is 0 Å². The third-order valence-electron chi connectivity index (χ3n) is 3.11. The molecule has 100 valence electrons. The van der Waals surface area contributed by atoms with Crippen LogP contribution in [0.1, 0.15) is 29.8 Å². The highest BCUT2D eigenvalue weighted by molar-refractivity contribution is 9.10. The summed E-state index contributed by atoms with van der Waals surface area (Å²) in [5.41, 5.74) is 1.60. The molecule has 1 aromatic carbocycles. The maximum atomic E-state index is 12.0. The van der Waals surface area contributed by atoms with Crippen LogP contribution in [0, 0.1) is 0 Å². The summed E-state index contributed by atoms with van der Waals surface area (Å²) in [6.07, 6.45) is 1.49. The van der Waals surface area contributed by atoms with E-state index in [1.165, 1.54) is 11.8 Å². The molecular formula is C15H16BrNO2. The average molecular weight is 322 g/mol. The van der Waals surface area contributed by atoms with Gasteiger partial charge in [-0.1, -0.05) is 44.2 Å². The summed E-state index contributed by atoms with van der Waals surface area (Å²) in [5.74, 6) is -0.135. The largest absolute Gasteiger partial charge is 0.457 e. The van der Waals surface area contributed by atoms with E-state index < -0.39 is 0 Å². The van der Waals surface area contributed by atoms with Crippen molar-refractivity contribution in [1.29, 1.82) is 0 Å². The van der Waals surface area contributed by atoms with Gasteiger partial charge in [0.2, 0.25) is 0 Å². The first-order valence-corrected chi connectivity index (χ1v) is 6.87. The third-order valence-corrected chi connectivity index (χ3v) is 3.72. The molecule has 0 bridgehead atoms. The highest BCUT2D eigenvalue weighted by atomic mass is 79.9. The maximum absolute atomic E-state index is 12.0. The summed E-state index contributed by atoms with van der Waals surface area (Å²) in [6.45, 7) is 4.77. The van der Waals surface area contributed by atoms with Gasteiger partial charge < -0.3 is 9.73 Å². The molecule has 0 saturated heterocycles. The molecule has 1 amide bonds. The number of furan rings is 1. The summed E-state index contributed by atoms with van der Waals surface area (Å²) in [4.78, 5) is 12.0. The highest BCUT2D eigenvalue weighted by Gasteiger charge is 2.22. The topological polar surface area (TPSA) is 42.2 Å². The van der Waals surface area contributed by atoms with Crippen LogP contribution in [-0.4, -0.2) is 12.5 Å². The zero-order valence-corrected chi connectivity index (χ0v) is 12.5. The van der Waals surface area contributed by atoms with E-state index in [9.17, 15) is 4.79 Å². The Hall–Kier alpha value is -1.55. The van der Waals surface area contributed by atoms with Crippen molar-refractivity contribution < 1.29 is 9.21 Å². The number of carbonyl (C=O) groups is 1. The molecule has 19 heavy (non-hydrogen) atoms. The lowest BCUT2D eigenvalue weighted by molar-refractivity contribution is 0.0944. The van der Waals surface area contributed by atoms with Crippen molar-refractivity contribution in [2.45, 2.75) is 19.3 Å². The fourth-order valence-corrected chi connectivity index (χ4v) is 2.26. The number of hydrogen-bond acceptors (Lipinski definition) is 2. The summed E-state index contributed by atoms with van der Waals surface area (Å²) >= 11 is 3.20. The van der Waals surface area contributed by atoms with Gasteiger partial charge in [0.05, 0.1) is 11.8 Å². The van der Waals surface area contributed by atoms with Gasteiger partial charge in [-0.3, -0.25) is 4.79 Å². The Morgan fingerprint density at radius 2 is 1.95 bits per heavy atom. The van der Waals surface area contributed by atoms with Crippen LogP contribution < -0.4 is 5.32 Å². The molecule has 0 unspecified atom stereocenters. The molecule has 0 spiro atoms. The molecule has 2 rings (SSSR count). The van der Waals surface area contributed by atoms with Gasteiger partial charge in [0.25, 0.3) is 5.91 Å². The van der Waals surface area contributed by atoms with Crippen molar-refractivity contribution in [1.82, 2.24) is 5.32 Å². The van der Waals surface area contributed by atoms with Crippen molar-refractivity contribution in [3.8, 4) is 0 Å². The SMILES string of the molecule is CC(C)(CNC(=O)c1ccoc1Br)c1ccccc1. The fraction of sp³-hybridized carbons (Fsp3) is 0.267. The monoisotopic (exact) mass is 321 g/mol. The molecular weight excluding hydrogens is 306 g/mol.